The van der Waals surface area contributed by atoms with Crippen LogP contribution in [0.15, 0.2) is 115 Å². The Bertz CT molecular complexity index is 3920. The summed E-state index contributed by atoms with van der Waals surface area (Å²) in [7, 11) is 0. The lowest BCUT2D eigenvalue weighted by Gasteiger charge is -2.31. The van der Waals surface area contributed by atoms with E-state index in [2.05, 4.69) is 26.6 Å². The number of aliphatic hydroxyl groups excluding tert-OH is 2. The lowest BCUT2D eigenvalue weighted by molar-refractivity contribution is -0.143. The quantitative estimate of drug-likeness (QED) is 0.106. The van der Waals surface area contributed by atoms with Gasteiger partial charge in [0.1, 0.15) is 70.5 Å². The number of amides is 5. The minimum Gasteiger partial charge on any atom is -0.508 e. The predicted octanol–water partition coefficient (Wildman–Crippen LogP) is 4.81. The maximum Gasteiger partial charge on any atom is 0.330 e. The van der Waals surface area contributed by atoms with Crippen molar-refractivity contribution in [3.8, 4) is 80.1 Å². The van der Waals surface area contributed by atoms with Crippen LogP contribution in [-0.2, 0) is 35.2 Å². The van der Waals surface area contributed by atoms with Crippen LogP contribution in [0.2, 0.25) is 10.0 Å². The summed E-state index contributed by atoms with van der Waals surface area (Å²) in [6.07, 6.45) is -2.33. The molecule has 18 N–H and O–H groups in total. The molecule has 438 valence electrons. The Morgan fingerprint density at radius 2 is 1.19 bits per heavy atom. The van der Waals surface area contributed by atoms with Gasteiger partial charge in [-0.1, -0.05) is 47.5 Å². The molecule has 5 heterocycles. The van der Waals surface area contributed by atoms with E-state index >= 15 is 14.4 Å². The molecule has 0 unspecified atom stereocenters. The van der Waals surface area contributed by atoms with Crippen LogP contribution in [-0.4, -0.2) is 100 Å². The number of fused-ring (bicyclic) bond motifs is 15. The Kier molecular flexibility index (Phi) is 16.0. The number of carboxylic acid groups (broad SMARTS) is 1. The summed E-state index contributed by atoms with van der Waals surface area (Å²) < 4.78 is 18.3. The summed E-state index contributed by atoms with van der Waals surface area (Å²) in [6.45, 7) is -0.482. The fourth-order valence-corrected chi connectivity index (χ4v) is 10.3. The van der Waals surface area contributed by atoms with Gasteiger partial charge in [-0.15, -0.1) is 0 Å². The van der Waals surface area contributed by atoms with Gasteiger partial charge >= 0.3 is 5.97 Å². The van der Waals surface area contributed by atoms with Crippen molar-refractivity contribution in [3.63, 3.8) is 0 Å². The molecule has 7 aromatic rings. The Balaban J connectivity index is 1.19. The third-order valence-electron chi connectivity index (χ3n) is 14.1. The highest BCUT2D eigenvalue weighted by Crippen LogP contribution is 2.48. The summed E-state index contributed by atoms with van der Waals surface area (Å²) >= 11 is 13.5. The number of aliphatic hydroxyl groups is 2. The number of phenols is 6. The summed E-state index contributed by atoms with van der Waals surface area (Å²) in [5.74, 6) is -13.7. The smallest absolute Gasteiger partial charge is 0.330 e. The molecule has 12 rings (SSSR count). The molecule has 27 heteroatoms. The predicted molar refractivity (Wildman–Crippen MR) is 298 cm³/mol. The number of carbonyl (C=O) groups excluding carboxylic acids is 5. The zero-order valence-electron chi connectivity index (χ0n) is 43.6. The number of aromatic hydroxyl groups is 6. The molecule has 0 aromatic heterocycles. The summed E-state index contributed by atoms with van der Waals surface area (Å²) in [5, 5.41) is 112. The fraction of sp³-hybridized carbons (Fsp3) is 0.172. The van der Waals surface area contributed by atoms with Crippen LogP contribution in [0, 0.1) is 0 Å². The van der Waals surface area contributed by atoms with Crippen molar-refractivity contribution in [2.24, 2.45) is 11.5 Å². The molecule has 85 heavy (non-hydrogen) atoms. The number of ether oxygens (including phenoxy) is 3. The van der Waals surface area contributed by atoms with E-state index in [0.29, 0.717) is 11.1 Å². The molecular weight excluding hydrogens is 1150 g/mol. The molecule has 11 bridgehead atoms. The molecule has 0 spiro atoms. The van der Waals surface area contributed by atoms with Crippen molar-refractivity contribution in [2.45, 2.75) is 54.8 Å². The first kappa shape index (κ1) is 58.2. The van der Waals surface area contributed by atoms with Gasteiger partial charge in [0.15, 0.2) is 29.0 Å². The largest absolute Gasteiger partial charge is 0.508 e. The maximum atomic E-state index is 15.6. The van der Waals surface area contributed by atoms with E-state index in [-0.39, 0.29) is 61.7 Å². The number of nitrogens with one attached hydrogen (secondary N) is 5. The van der Waals surface area contributed by atoms with Crippen LogP contribution >= 0.6 is 23.2 Å². The minimum atomic E-state index is -2.19. The molecule has 0 aliphatic carbocycles. The van der Waals surface area contributed by atoms with Gasteiger partial charge in [0.25, 0.3) is 0 Å². The van der Waals surface area contributed by atoms with E-state index in [1.54, 1.807) is 0 Å². The van der Waals surface area contributed by atoms with Crippen molar-refractivity contribution in [1.29, 1.82) is 0 Å². The molecular formula is C58H49Cl2N7O18. The van der Waals surface area contributed by atoms with Crippen molar-refractivity contribution in [1.82, 2.24) is 26.6 Å². The van der Waals surface area contributed by atoms with Crippen molar-refractivity contribution >= 4 is 58.7 Å². The minimum absolute atomic E-state index is 0.0706. The molecule has 5 aliphatic rings. The normalized spacial score (nSPS) is 20.9. The molecule has 0 saturated carbocycles. The lowest BCUT2D eigenvalue weighted by atomic mass is 9.89. The van der Waals surface area contributed by atoms with Gasteiger partial charge in [0.05, 0.1) is 28.7 Å². The molecule has 5 amide bonds. The highest BCUT2D eigenvalue weighted by molar-refractivity contribution is 6.32. The van der Waals surface area contributed by atoms with Crippen LogP contribution < -0.4 is 52.3 Å². The van der Waals surface area contributed by atoms with E-state index in [1.807, 2.05) is 0 Å². The number of aliphatic carboxylic acids is 1. The number of benzene rings is 7. The van der Waals surface area contributed by atoms with E-state index in [0.717, 1.165) is 60.7 Å². The van der Waals surface area contributed by atoms with E-state index in [4.69, 9.17) is 48.9 Å². The average Bonchev–Trinajstić information content (AvgIpc) is 3.39. The third-order valence-corrected chi connectivity index (χ3v) is 14.7. The first-order chi connectivity index (χ1) is 40.4. The van der Waals surface area contributed by atoms with E-state index in [9.17, 15) is 60.3 Å². The second-order valence-corrected chi connectivity index (χ2v) is 20.8. The van der Waals surface area contributed by atoms with Crippen molar-refractivity contribution < 1.29 is 88.9 Å². The second-order valence-electron chi connectivity index (χ2n) is 20.0. The molecule has 0 radical (unpaired) electrons. The second kappa shape index (κ2) is 23.3. The van der Waals surface area contributed by atoms with Crippen LogP contribution in [0.1, 0.15) is 75.3 Å². The molecule has 8 atom stereocenters. The number of carbonyl (C=O) groups is 6. The van der Waals surface area contributed by atoms with Gasteiger partial charge in [-0.2, -0.15) is 0 Å². The Morgan fingerprint density at radius 3 is 1.84 bits per heavy atom. The molecule has 0 fully saturated rings. The molecule has 25 nitrogen and oxygen atoms in total. The topological polar surface area (TPSA) is 424 Å². The summed E-state index contributed by atoms with van der Waals surface area (Å²) in [4.78, 5) is 88.1. The first-order valence-electron chi connectivity index (χ1n) is 25.5. The number of rotatable bonds is 6. The number of halogens is 2. The van der Waals surface area contributed by atoms with Gasteiger partial charge in [-0.25, -0.2) is 4.79 Å². The SMILES string of the molecule is N[C@@H]1Cc2ccc(c(Cl)c2)Oc2cc3cc(c2O)Oc2ccc(cc2Cl)[C@@H](O)[C@@H]2NC(=O)[C@H](NC(=O)[C@@H]3NC(=O)[C@H](c3cc(O)cc(Oc4cc([C@H](N)CO)ccc4O)c3)NC1=O)c1ccc(O)c(c1)-c1c(O)cc(O)cc1[C@@H](C(=O)O)NC2=O. The Labute approximate surface area is 489 Å². The standard InChI is InChI=1S/C58H49Cl2N7O18/c59-33-9-22-1-7-40(33)84-43-16-27-17-44(52(43)75)85-41-8-4-25(14-34(41)60)51(74)50-57(80)66-49(58(81)82)32-19-29(70)20-39(73)45(32)31-13-24(3-5-37(31)71)46(54(77)67-50)64-56(79)48(27)65-55(78)47(63-53(76)35(61)10-22)26-11-28(69)18-30(12-26)83-42-15-23(36(62)21-68)2-6-38(42)72/h1-9,11-20,35-36,46-51,68-75H,10,21,61-62H2,(H,63,76)(H,64,79)(H,65,78)(H,66,80)(H,67,77)(H,81,82)/t35-,36-,46-,47+,48-,49+,50+,51-/m1/s1. The average molecular weight is 1200 g/mol. The number of hydrogen-bond acceptors (Lipinski definition) is 19. The first-order valence-corrected chi connectivity index (χ1v) is 26.3. The Hall–Kier alpha value is -10.0. The zero-order valence-corrected chi connectivity index (χ0v) is 45.1. The van der Waals surface area contributed by atoms with Gasteiger partial charge in [0, 0.05) is 28.8 Å². The number of phenolic OH excluding ortho intramolecular Hbond substituents is 6. The van der Waals surface area contributed by atoms with Crippen LogP contribution in [0.3, 0.4) is 0 Å². The lowest BCUT2D eigenvalue weighted by Crippen LogP contribution is -2.55. The van der Waals surface area contributed by atoms with Gasteiger partial charge < -0.3 is 98.2 Å². The maximum absolute atomic E-state index is 15.6. The van der Waals surface area contributed by atoms with Crippen LogP contribution in [0.25, 0.3) is 11.1 Å². The fourth-order valence-electron chi connectivity index (χ4n) is 9.86. The molecule has 7 aromatic carbocycles. The van der Waals surface area contributed by atoms with E-state index < -0.39 is 153 Å². The van der Waals surface area contributed by atoms with Crippen LogP contribution in [0.4, 0.5) is 0 Å². The highest BCUT2D eigenvalue weighted by atomic mass is 35.5. The van der Waals surface area contributed by atoms with Crippen LogP contribution in [0.5, 0.6) is 69.0 Å². The highest BCUT2D eigenvalue weighted by Gasteiger charge is 2.41. The van der Waals surface area contributed by atoms with Gasteiger partial charge in [-0.3, -0.25) is 24.0 Å². The number of hydrogen-bond donors (Lipinski definition) is 16. The van der Waals surface area contributed by atoms with Crippen molar-refractivity contribution in [2.75, 3.05) is 6.61 Å². The van der Waals surface area contributed by atoms with E-state index in [1.165, 1.54) is 54.6 Å². The van der Waals surface area contributed by atoms with Gasteiger partial charge in [-0.05, 0) is 119 Å². The third kappa shape index (κ3) is 11.8. The molecule has 0 saturated heterocycles. The zero-order chi connectivity index (χ0) is 60.9. The van der Waals surface area contributed by atoms with Gasteiger partial charge in [0.2, 0.25) is 35.3 Å². The number of carboxylic acids is 1. The summed E-state index contributed by atoms with van der Waals surface area (Å²) in [5.41, 5.74) is 10.8. The molecule has 5 aliphatic heterocycles. The van der Waals surface area contributed by atoms with Crippen molar-refractivity contribution in [3.05, 3.63) is 164 Å². The Morgan fingerprint density at radius 1 is 0.600 bits per heavy atom. The number of nitrogens with two attached hydrogens (primary N) is 2. The summed E-state index contributed by atoms with van der Waals surface area (Å²) in [6, 6.07) is 9.29. The monoisotopic (exact) mass is 1200 g/mol.